The van der Waals surface area contributed by atoms with Crippen molar-refractivity contribution in [3.63, 3.8) is 0 Å². The number of nitrogens with one attached hydrogen (secondary N) is 2. The van der Waals surface area contributed by atoms with Crippen LogP contribution in [0.4, 0.5) is 17.3 Å². The Labute approximate surface area is 119 Å². The first kappa shape index (κ1) is 14.6. The van der Waals surface area contributed by atoms with E-state index in [9.17, 15) is 10.1 Å². The van der Waals surface area contributed by atoms with Gasteiger partial charge in [-0.2, -0.15) is 0 Å². The molecule has 0 unspecified atom stereocenters. The predicted molar refractivity (Wildman–Crippen MR) is 80.2 cm³/mol. The molecule has 1 fully saturated rings. The van der Waals surface area contributed by atoms with Crippen LogP contribution in [0.5, 0.6) is 0 Å². The first-order valence-corrected chi connectivity index (χ1v) is 7.27. The summed E-state index contributed by atoms with van der Waals surface area (Å²) in [6.45, 7) is 4.94. The Morgan fingerprint density at radius 2 is 2.05 bits per heavy atom. The molecule has 0 atom stereocenters. The van der Waals surface area contributed by atoms with Crippen molar-refractivity contribution in [2.24, 2.45) is 0 Å². The van der Waals surface area contributed by atoms with Crippen LogP contribution >= 0.6 is 0 Å². The highest BCUT2D eigenvalue weighted by Crippen LogP contribution is 2.38. The first-order chi connectivity index (χ1) is 9.58. The van der Waals surface area contributed by atoms with Gasteiger partial charge in [0.25, 0.3) is 5.69 Å². The Morgan fingerprint density at radius 3 is 2.55 bits per heavy atom. The average Bonchev–Trinajstić information content (AvgIpc) is 2.40. The van der Waals surface area contributed by atoms with Gasteiger partial charge in [0.05, 0.1) is 17.1 Å². The Kier molecular flexibility index (Phi) is 4.42. The fourth-order valence-electron chi connectivity index (χ4n) is 2.47. The second-order valence-corrected chi connectivity index (χ2v) is 5.39. The molecule has 1 saturated carbocycles. The molecule has 0 saturated heterocycles. The highest BCUT2D eigenvalue weighted by molar-refractivity contribution is 5.55. The summed E-state index contributed by atoms with van der Waals surface area (Å²) in [5.74, 6) is 1.16. The molecule has 1 heterocycles. The summed E-state index contributed by atoms with van der Waals surface area (Å²) in [5.41, 5.74) is 0.149. The van der Waals surface area contributed by atoms with Crippen LogP contribution in [0.1, 0.15) is 46.0 Å². The normalized spacial score (nSPS) is 16.3. The number of rotatable bonds is 7. The Morgan fingerprint density at radius 1 is 1.35 bits per heavy atom. The molecule has 1 aromatic heterocycles. The van der Waals surface area contributed by atoms with E-state index in [-0.39, 0.29) is 16.1 Å². The number of pyridine rings is 1. The second-order valence-electron chi connectivity index (χ2n) is 5.39. The summed E-state index contributed by atoms with van der Waals surface area (Å²) in [6, 6.07) is 3.01. The number of nitrogens with zero attached hydrogens (tertiary/aromatic N) is 2. The number of hydrogen-bond acceptors (Lipinski definition) is 5. The first-order valence-electron chi connectivity index (χ1n) is 7.27. The van der Waals surface area contributed by atoms with Crippen molar-refractivity contribution in [3.05, 3.63) is 22.2 Å². The van der Waals surface area contributed by atoms with E-state index in [1.165, 1.54) is 18.6 Å². The van der Waals surface area contributed by atoms with Crippen LogP contribution in [0.2, 0.25) is 0 Å². The molecule has 2 rings (SSSR count). The summed E-state index contributed by atoms with van der Waals surface area (Å²) >= 11 is 0. The third-order valence-electron chi connectivity index (χ3n) is 3.96. The molecule has 110 valence electrons. The van der Waals surface area contributed by atoms with Crippen LogP contribution in [0.3, 0.4) is 0 Å². The molecule has 0 amide bonds. The molecule has 20 heavy (non-hydrogen) atoms. The van der Waals surface area contributed by atoms with Gasteiger partial charge in [-0.05, 0) is 32.1 Å². The third-order valence-corrected chi connectivity index (χ3v) is 3.96. The quantitative estimate of drug-likeness (QED) is 0.589. The van der Waals surface area contributed by atoms with Gasteiger partial charge >= 0.3 is 0 Å². The van der Waals surface area contributed by atoms with Crippen molar-refractivity contribution in [2.45, 2.75) is 51.5 Å². The molecule has 1 aromatic rings. The summed E-state index contributed by atoms with van der Waals surface area (Å²) < 4.78 is 0. The molecule has 0 spiro atoms. The third kappa shape index (κ3) is 3.18. The van der Waals surface area contributed by atoms with Gasteiger partial charge in [-0.1, -0.05) is 13.8 Å². The molecule has 1 aliphatic carbocycles. The monoisotopic (exact) mass is 278 g/mol. The van der Waals surface area contributed by atoms with E-state index in [1.807, 2.05) is 6.92 Å². The SMILES string of the molecule is CCCNc1cc([N+](=O)[O-])cc(NC2(CC)CCC2)n1. The van der Waals surface area contributed by atoms with Gasteiger partial charge in [0.15, 0.2) is 0 Å². The molecule has 6 heteroatoms. The highest BCUT2D eigenvalue weighted by Gasteiger charge is 2.35. The van der Waals surface area contributed by atoms with E-state index < -0.39 is 0 Å². The summed E-state index contributed by atoms with van der Waals surface area (Å²) in [6.07, 6.45) is 5.37. The van der Waals surface area contributed by atoms with Crippen molar-refractivity contribution < 1.29 is 4.92 Å². The zero-order valence-corrected chi connectivity index (χ0v) is 12.1. The highest BCUT2D eigenvalue weighted by atomic mass is 16.6. The van der Waals surface area contributed by atoms with Crippen LogP contribution in [0.15, 0.2) is 12.1 Å². The van der Waals surface area contributed by atoms with Crippen LogP contribution in [-0.4, -0.2) is 22.0 Å². The van der Waals surface area contributed by atoms with Gasteiger partial charge in [-0.15, -0.1) is 0 Å². The van der Waals surface area contributed by atoms with Gasteiger partial charge in [-0.3, -0.25) is 10.1 Å². The molecule has 0 aromatic carbocycles. The lowest BCUT2D eigenvalue weighted by molar-refractivity contribution is -0.384. The lowest BCUT2D eigenvalue weighted by Gasteiger charge is -2.42. The predicted octanol–water partition coefficient (Wildman–Crippen LogP) is 3.56. The Balaban J connectivity index is 2.22. The van der Waals surface area contributed by atoms with E-state index in [0.717, 1.165) is 32.2 Å². The van der Waals surface area contributed by atoms with Crippen LogP contribution in [0, 0.1) is 10.1 Å². The van der Waals surface area contributed by atoms with Crippen LogP contribution < -0.4 is 10.6 Å². The van der Waals surface area contributed by atoms with Crippen molar-refractivity contribution in [1.82, 2.24) is 4.98 Å². The lowest BCUT2D eigenvalue weighted by atomic mass is 9.75. The maximum atomic E-state index is 11.0. The number of hydrogen-bond donors (Lipinski definition) is 2. The van der Waals surface area contributed by atoms with Crippen molar-refractivity contribution in [3.8, 4) is 0 Å². The molecule has 2 N–H and O–H groups in total. The molecular weight excluding hydrogens is 256 g/mol. The molecule has 6 nitrogen and oxygen atoms in total. The molecule has 0 aliphatic heterocycles. The smallest absolute Gasteiger partial charge is 0.276 e. The fourth-order valence-corrected chi connectivity index (χ4v) is 2.47. The molecule has 0 radical (unpaired) electrons. The Bertz CT molecular complexity index is 481. The molecular formula is C14H22N4O2. The summed E-state index contributed by atoms with van der Waals surface area (Å²) in [7, 11) is 0. The number of anilines is 2. The van der Waals surface area contributed by atoms with Crippen LogP contribution in [0.25, 0.3) is 0 Å². The topological polar surface area (TPSA) is 80.1 Å². The van der Waals surface area contributed by atoms with Gasteiger partial charge < -0.3 is 10.6 Å². The largest absolute Gasteiger partial charge is 0.370 e. The van der Waals surface area contributed by atoms with Crippen LogP contribution in [-0.2, 0) is 0 Å². The minimum Gasteiger partial charge on any atom is -0.370 e. The minimum absolute atomic E-state index is 0.0737. The van der Waals surface area contributed by atoms with Crippen molar-refractivity contribution in [2.75, 3.05) is 17.2 Å². The van der Waals surface area contributed by atoms with E-state index >= 15 is 0 Å². The number of aromatic nitrogens is 1. The van der Waals surface area contributed by atoms with Crippen molar-refractivity contribution >= 4 is 17.3 Å². The van der Waals surface area contributed by atoms with E-state index in [1.54, 1.807) is 0 Å². The standard InChI is InChI=1S/C14H22N4O2/c1-3-8-15-12-9-11(18(19)20)10-13(16-12)17-14(4-2)6-5-7-14/h9-10H,3-8H2,1-2H3,(H2,15,16,17). The zero-order chi connectivity index (χ0) is 14.6. The Hall–Kier alpha value is -1.85. The van der Waals surface area contributed by atoms with Gasteiger partial charge in [0.2, 0.25) is 0 Å². The van der Waals surface area contributed by atoms with E-state index in [2.05, 4.69) is 22.5 Å². The lowest BCUT2D eigenvalue weighted by Crippen LogP contribution is -2.44. The molecule has 1 aliphatic rings. The maximum Gasteiger partial charge on any atom is 0.276 e. The minimum atomic E-state index is -0.372. The van der Waals surface area contributed by atoms with Crippen molar-refractivity contribution in [1.29, 1.82) is 0 Å². The van der Waals surface area contributed by atoms with Gasteiger partial charge in [0.1, 0.15) is 11.6 Å². The summed E-state index contributed by atoms with van der Waals surface area (Å²) in [5, 5.41) is 17.5. The second kappa shape index (κ2) is 6.07. The fraction of sp³-hybridized carbons (Fsp3) is 0.643. The maximum absolute atomic E-state index is 11.0. The zero-order valence-electron chi connectivity index (χ0n) is 12.1. The van der Waals surface area contributed by atoms with E-state index in [4.69, 9.17) is 0 Å². The van der Waals surface area contributed by atoms with Gasteiger partial charge in [0, 0.05) is 12.1 Å². The molecule has 0 bridgehead atoms. The average molecular weight is 278 g/mol. The van der Waals surface area contributed by atoms with E-state index in [0.29, 0.717) is 11.6 Å². The summed E-state index contributed by atoms with van der Waals surface area (Å²) in [4.78, 5) is 15.1. The number of nitro groups is 1. The van der Waals surface area contributed by atoms with Gasteiger partial charge in [-0.25, -0.2) is 4.98 Å².